The van der Waals surface area contributed by atoms with E-state index in [1.807, 2.05) is 12.1 Å². The molecule has 0 aromatic heterocycles. The Morgan fingerprint density at radius 2 is 1.31 bits per heavy atom. The van der Waals surface area contributed by atoms with Gasteiger partial charge in [0.15, 0.2) is 0 Å². The zero-order chi connectivity index (χ0) is 22.1. The van der Waals surface area contributed by atoms with Gasteiger partial charge < -0.3 is 16.6 Å². The van der Waals surface area contributed by atoms with Gasteiger partial charge in [-0.2, -0.15) is 0 Å². The second kappa shape index (κ2) is 11.3. The van der Waals surface area contributed by atoms with E-state index >= 15 is 0 Å². The predicted octanol–water partition coefficient (Wildman–Crippen LogP) is 7.43. The van der Waals surface area contributed by atoms with Gasteiger partial charge in [-0.25, -0.2) is 0 Å². The summed E-state index contributed by atoms with van der Waals surface area (Å²) in [6.45, 7) is 2.13. The third-order valence-electron chi connectivity index (χ3n) is 4.78. The zero-order valence-electron chi connectivity index (χ0n) is 15.3. The normalized spacial score (nSPS) is 11.7. The maximum absolute atomic E-state index is 12.2. The summed E-state index contributed by atoms with van der Waals surface area (Å²) < 4.78 is 5.89. The fourth-order valence-electron chi connectivity index (χ4n) is 3.47. The molecule has 0 atom stereocenters. The van der Waals surface area contributed by atoms with Crippen molar-refractivity contribution in [1.29, 1.82) is 0 Å². The van der Waals surface area contributed by atoms with E-state index in [1.165, 1.54) is 0 Å². The lowest BCUT2D eigenvalue weighted by Crippen LogP contribution is -2.35. The Labute approximate surface area is 252 Å². The maximum Gasteiger partial charge on any atom is 0.304 e. The average Bonchev–Trinajstić information content (AvgIpc) is 2.62. The van der Waals surface area contributed by atoms with Gasteiger partial charge >= 0.3 is 5.97 Å². The first-order valence-electron chi connectivity index (χ1n) is 8.56. The molecule has 0 aliphatic heterocycles. The molecule has 0 amide bonds. The lowest BCUT2D eigenvalue weighted by atomic mass is 9.68. The number of hydrogen-bond donors (Lipinski definition) is 3. The third-order valence-corrected chi connectivity index (χ3v) is 10.5. The lowest BCUT2D eigenvalue weighted by molar-refractivity contribution is -0.138. The average molecular weight is 1070 g/mol. The van der Waals surface area contributed by atoms with Crippen LogP contribution in [-0.2, 0) is 10.2 Å². The molecule has 0 saturated carbocycles. The van der Waals surface area contributed by atoms with E-state index in [2.05, 4.69) is 142 Å². The SMILES string of the molecule is CCCCC(CC(=O)O)(c1c(I)cc(I)c(N)c1I)c1c(I)cc(I)c(N)c1I. The Morgan fingerprint density at radius 3 is 1.66 bits per heavy atom. The van der Waals surface area contributed by atoms with E-state index in [0.29, 0.717) is 17.8 Å². The summed E-state index contributed by atoms with van der Waals surface area (Å²) in [6.07, 6.45) is 2.59. The molecule has 0 saturated heterocycles. The molecule has 2 rings (SSSR count). The van der Waals surface area contributed by atoms with Crippen molar-refractivity contribution in [3.8, 4) is 0 Å². The number of anilines is 2. The molecule has 0 unspecified atom stereocenters. The minimum atomic E-state index is -0.825. The molecule has 10 heteroatoms. The molecule has 0 fully saturated rings. The number of unbranched alkanes of at least 4 members (excludes halogenated alkanes) is 1. The van der Waals surface area contributed by atoms with Crippen LogP contribution in [0.5, 0.6) is 0 Å². The first-order chi connectivity index (χ1) is 13.5. The van der Waals surface area contributed by atoms with Crippen molar-refractivity contribution in [1.82, 2.24) is 0 Å². The monoisotopic (exact) mass is 1070 g/mol. The number of carbonyl (C=O) groups is 1. The quantitative estimate of drug-likeness (QED) is 0.199. The highest BCUT2D eigenvalue weighted by molar-refractivity contribution is 14.1. The van der Waals surface area contributed by atoms with Crippen LogP contribution in [-0.4, -0.2) is 11.1 Å². The van der Waals surface area contributed by atoms with Gasteiger partial charge in [-0.15, -0.1) is 0 Å². The number of rotatable bonds is 7. The van der Waals surface area contributed by atoms with Crippen molar-refractivity contribution in [3.05, 3.63) is 44.7 Å². The van der Waals surface area contributed by atoms with Gasteiger partial charge in [0.05, 0.1) is 17.8 Å². The Hall–Kier alpha value is 1.89. The Kier molecular flexibility index (Phi) is 10.6. The zero-order valence-corrected chi connectivity index (χ0v) is 28.2. The minimum absolute atomic E-state index is 0.00886. The predicted molar refractivity (Wildman–Crippen MR) is 171 cm³/mol. The van der Waals surface area contributed by atoms with Gasteiger partial charge in [-0.1, -0.05) is 19.8 Å². The highest BCUT2D eigenvalue weighted by Gasteiger charge is 2.43. The van der Waals surface area contributed by atoms with Crippen molar-refractivity contribution in [2.75, 3.05) is 11.5 Å². The summed E-state index contributed by atoms with van der Waals surface area (Å²) in [7, 11) is 0. The molecule has 158 valence electrons. The van der Waals surface area contributed by atoms with Crippen LogP contribution < -0.4 is 11.5 Å². The Bertz CT molecular complexity index is 901. The smallest absolute Gasteiger partial charge is 0.304 e. The van der Waals surface area contributed by atoms with Crippen LogP contribution in [0.3, 0.4) is 0 Å². The number of halogens is 6. The number of carboxylic acids is 1. The molecule has 0 aliphatic carbocycles. The lowest BCUT2D eigenvalue weighted by Gasteiger charge is -2.38. The fourth-order valence-corrected chi connectivity index (χ4v) is 12.3. The second-order valence-electron chi connectivity index (χ2n) is 6.64. The molecular weight excluding hydrogens is 1050 g/mol. The molecule has 4 nitrogen and oxygen atoms in total. The van der Waals surface area contributed by atoms with Crippen molar-refractivity contribution in [2.45, 2.75) is 38.0 Å². The number of carboxylic acid groups (broad SMARTS) is 1. The van der Waals surface area contributed by atoms with Crippen LogP contribution in [0.1, 0.15) is 43.7 Å². The standard InChI is InChI=1S/C19H18I6N2O2/c1-2-3-4-19(7-12(28)29,13-8(20)5-10(22)17(26)15(13)24)14-9(21)6-11(23)18(27)16(14)25/h5-6H,2-4,7,26-27H2,1H3,(H,28,29). The molecule has 0 bridgehead atoms. The Balaban J connectivity index is 3.05. The maximum atomic E-state index is 12.2. The topological polar surface area (TPSA) is 89.3 Å². The minimum Gasteiger partial charge on any atom is -0.481 e. The molecule has 0 heterocycles. The summed E-state index contributed by atoms with van der Waals surface area (Å²) in [5, 5.41) is 10.0. The van der Waals surface area contributed by atoms with E-state index in [0.717, 1.165) is 45.4 Å². The van der Waals surface area contributed by atoms with Crippen molar-refractivity contribution in [3.63, 3.8) is 0 Å². The van der Waals surface area contributed by atoms with Crippen molar-refractivity contribution >= 4 is 153 Å². The number of benzene rings is 2. The van der Waals surface area contributed by atoms with Crippen LogP contribution in [0.15, 0.2) is 12.1 Å². The first-order valence-corrected chi connectivity index (χ1v) is 15.0. The summed E-state index contributed by atoms with van der Waals surface area (Å²) in [4.78, 5) is 12.2. The fraction of sp³-hybridized carbons (Fsp3) is 0.316. The van der Waals surface area contributed by atoms with Gasteiger partial charge in [-0.3, -0.25) is 4.79 Å². The van der Waals surface area contributed by atoms with Crippen molar-refractivity contribution < 1.29 is 9.90 Å². The molecule has 0 spiro atoms. The molecule has 2 aromatic rings. The van der Waals surface area contributed by atoms with E-state index in [4.69, 9.17) is 11.5 Å². The molecule has 29 heavy (non-hydrogen) atoms. The molecule has 0 aliphatic rings. The molecule has 0 radical (unpaired) electrons. The van der Waals surface area contributed by atoms with Gasteiger partial charge in [0.25, 0.3) is 0 Å². The molecule has 5 N–H and O–H groups in total. The van der Waals surface area contributed by atoms with E-state index in [-0.39, 0.29) is 6.42 Å². The van der Waals surface area contributed by atoms with Gasteiger partial charge in [0.2, 0.25) is 0 Å². The highest BCUT2D eigenvalue weighted by Crippen LogP contribution is 2.50. The highest BCUT2D eigenvalue weighted by atomic mass is 127. The van der Waals surface area contributed by atoms with E-state index in [1.54, 1.807) is 0 Å². The molecule has 2 aromatic carbocycles. The second-order valence-corrected chi connectivity index (χ2v) is 13.4. The number of nitrogen functional groups attached to an aromatic ring is 2. The van der Waals surface area contributed by atoms with Crippen LogP contribution in [0.2, 0.25) is 0 Å². The summed E-state index contributed by atoms with van der Waals surface area (Å²) >= 11 is 13.7. The van der Waals surface area contributed by atoms with Crippen molar-refractivity contribution in [2.24, 2.45) is 0 Å². The summed E-state index contributed by atoms with van der Waals surface area (Å²) in [6, 6.07) is 4.10. The van der Waals surface area contributed by atoms with Gasteiger partial charge in [0.1, 0.15) is 0 Å². The van der Waals surface area contributed by atoms with E-state index < -0.39 is 11.4 Å². The van der Waals surface area contributed by atoms with Crippen LogP contribution in [0.4, 0.5) is 11.4 Å². The number of aliphatic carboxylic acids is 1. The van der Waals surface area contributed by atoms with Gasteiger partial charge in [-0.05, 0) is 165 Å². The number of hydrogen-bond acceptors (Lipinski definition) is 3. The van der Waals surface area contributed by atoms with Gasteiger partial charge in [0, 0.05) is 26.8 Å². The van der Waals surface area contributed by atoms with Crippen LogP contribution in [0, 0.1) is 21.4 Å². The van der Waals surface area contributed by atoms with Crippen LogP contribution in [0.25, 0.3) is 0 Å². The third kappa shape index (κ3) is 5.70. The largest absolute Gasteiger partial charge is 0.481 e. The number of nitrogens with two attached hydrogens (primary N) is 2. The van der Waals surface area contributed by atoms with E-state index in [9.17, 15) is 9.90 Å². The Morgan fingerprint density at radius 1 is 0.897 bits per heavy atom. The summed E-state index contributed by atoms with van der Waals surface area (Å²) in [5.41, 5.74) is 15.5. The summed E-state index contributed by atoms with van der Waals surface area (Å²) in [5.74, 6) is -0.825. The van der Waals surface area contributed by atoms with Crippen LogP contribution >= 0.6 is 136 Å². The first kappa shape index (κ1) is 27.1. The molecular formula is C19H18I6N2O2.